The summed E-state index contributed by atoms with van der Waals surface area (Å²) in [5, 5.41) is 11.3. The van der Waals surface area contributed by atoms with Crippen LogP contribution in [0.3, 0.4) is 0 Å². The Bertz CT molecular complexity index is 1090. The predicted octanol–water partition coefficient (Wildman–Crippen LogP) is 3.32. The van der Waals surface area contributed by atoms with Crippen molar-refractivity contribution in [2.75, 3.05) is 46.5 Å². The number of hydrogen-bond acceptors (Lipinski definition) is 6. The highest BCUT2D eigenvalue weighted by Crippen LogP contribution is 2.39. The lowest BCUT2D eigenvalue weighted by Gasteiger charge is -2.31. The lowest BCUT2D eigenvalue weighted by atomic mass is 9.94. The van der Waals surface area contributed by atoms with Crippen LogP contribution in [0.4, 0.5) is 0 Å². The average Bonchev–Trinajstić information content (AvgIpc) is 3.12. The van der Waals surface area contributed by atoms with E-state index >= 15 is 0 Å². The summed E-state index contributed by atoms with van der Waals surface area (Å²) in [6.07, 6.45) is 0.891. The van der Waals surface area contributed by atoms with Crippen LogP contribution in [0.5, 0.6) is 5.75 Å². The van der Waals surface area contributed by atoms with Gasteiger partial charge in [-0.1, -0.05) is 31.2 Å². The van der Waals surface area contributed by atoms with Crippen LogP contribution in [0.25, 0.3) is 5.76 Å². The maximum Gasteiger partial charge on any atom is 0.295 e. The number of likely N-dealkylation sites (tertiary alicyclic amines) is 1. The van der Waals surface area contributed by atoms with Gasteiger partial charge in [-0.15, -0.1) is 0 Å². The maximum absolute atomic E-state index is 13.2. The van der Waals surface area contributed by atoms with Gasteiger partial charge < -0.3 is 19.5 Å². The lowest BCUT2D eigenvalue weighted by Crippen LogP contribution is -2.42. The van der Waals surface area contributed by atoms with Crippen molar-refractivity contribution >= 4 is 17.4 Å². The van der Waals surface area contributed by atoms with Crippen LogP contribution in [-0.2, 0) is 20.7 Å². The number of carbonyl (C=O) groups is 2. The molecule has 1 atom stereocenters. The third-order valence-electron chi connectivity index (χ3n) is 6.67. The second kappa shape index (κ2) is 10.4. The van der Waals surface area contributed by atoms with Crippen LogP contribution in [0.15, 0.2) is 48.0 Å². The standard InChI is InChI=1S/C27H32N2O5/c1-4-19-5-7-20(8-6-19)24-23(25(30)21-9-10-22(33-3)18(2)17-21)26(31)27(32)29(24)12-11-28-13-15-34-16-14-28/h5-10,17,24,30H,4,11-16H2,1-3H3/b25-23-. The van der Waals surface area contributed by atoms with Gasteiger partial charge in [0.05, 0.1) is 31.9 Å². The van der Waals surface area contributed by atoms with Gasteiger partial charge in [0.1, 0.15) is 11.5 Å². The third-order valence-corrected chi connectivity index (χ3v) is 6.67. The van der Waals surface area contributed by atoms with Crippen molar-refractivity contribution in [2.24, 2.45) is 0 Å². The molecule has 180 valence electrons. The smallest absolute Gasteiger partial charge is 0.295 e. The summed E-state index contributed by atoms with van der Waals surface area (Å²) < 4.78 is 10.7. The van der Waals surface area contributed by atoms with Gasteiger partial charge in [0, 0.05) is 31.7 Å². The fourth-order valence-corrected chi connectivity index (χ4v) is 4.65. The molecule has 2 saturated heterocycles. The third kappa shape index (κ3) is 4.72. The van der Waals surface area contributed by atoms with Crippen molar-refractivity contribution in [2.45, 2.75) is 26.3 Å². The molecule has 1 unspecified atom stereocenters. The van der Waals surface area contributed by atoms with Crippen molar-refractivity contribution < 1.29 is 24.2 Å². The van der Waals surface area contributed by atoms with Crippen molar-refractivity contribution in [1.29, 1.82) is 0 Å². The number of ether oxygens (including phenoxy) is 2. The monoisotopic (exact) mass is 464 g/mol. The Morgan fingerprint density at radius 3 is 2.41 bits per heavy atom. The molecule has 0 spiro atoms. The molecule has 1 N–H and O–H groups in total. The molecule has 2 aliphatic rings. The number of carbonyl (C=O) groups excluding carboxylic acids is 2. The topological polar surface area (TPSA) is 79.3 Å². The number of aliphatic hydroxyl groups excluding tert-OH is 1. The van der Waals surface area contributed by atoms with E-state index in [1.807, 2.05) is 31.2 Å². The first-order chi connectivity index (χ1) is 16.4. The molecular formula is C27H32N2O5. The summed E-state index contributed by atoms with van der Waals surface area (Å²) in [6, 6.07) is 12.5. The highest BCUT2D eigenvalue weighted by Gasteiger charge is 2.46. The molecule has 1 amide bonds. The molecule has 34 heavy (non-hydrogen) atoms. The van der Waals surface area contributed by atoms with Gasteiger partial charge in [-0.3, -0.25) is 14.5 Å². The average molecular weight is 465 g/mol. The highest BCUT2D eigenvalue weighted by atomic mass is 16.5. The number of hydrogen-bond donors (Lipinski definition) is 1. The number of amides is 1. The van der Waals surface area contributed by atoms with Gasteiger partial charge in [0.25, 0.3) is 11.7 Å². The van der Waals surface area contributed by atoms with E-state index in [4.69, 9.17) is 9.47 Å². The maximum atomic E-state index is 13.2. The minimum atomic E-state index is -0.655. The number of Topliss-reactive ketones (excluding diaryl/α,β-unsaturated/α-hetero) is 1. The SMILES string of the molecule is CCc1ccc(C2/C(=C(/O)c3ccc(OC)c(C)c3)C(=O)C(=O)N2CCN2CCOCC2)cc1. The van der Waals surface area contributed by atoms with Gasteiger partial charge in [-0.05, 0) is 48.2 Å². The molecule has 7 nitrogen and oxygen atoms in total. The van der Waals surface area contributed by atoms with E-state index in [-0.39, 0.29) is 11.3 Å². The van der Waals surface area contributed by atoms with E-state index in [0.717, 1.165) is 30.6 Å². The number of methoxy groups -OCH3 is 1. The molecule has 0 radical (unpaired) electrons. The van der Waals surface area contributed by atoms with E-state index in [1.165, 1.54) is 5.56 Å². The zero-order valence-electron chi connectivity index (χ0n) is 20.0. The molecule has 0 aromatic heterocycles. The first-order valence-electron chi connectivity index (χ1n) is 11.8. The Labute approximate surface area is 200 Å². The summed E-state index contributed by atoms with van der Waals surface area (Å²) >= 11 is 0. The highest BCUT2D eigenvalue weighted by molar-refractivity contribution is 6.46. The number of benzene rings is 2. The normalized spacial score (nSPS) is 20.7. The van der Waals surface area contributed by atoms with Crippen LogP contribution in [0.2, 0.25) is 0 Å². The first kappa shape index (κ1) is 24.0. The second-order valence-corrected chi connectivity index (χ2v) is 8.73. The quantitative estimate of drug-likeness (QED) is 0.385. The zero-order valence-corrected chi connectivity index (χ0v) is 20.0. The van der Waals surface area contributed by atoms with E-state index in [9.17, 15) is 14.7 Å². The fourth-order valence-electron chi connectivity index (χ4n) is 4.65. The van der Waals surface area contributed by atoms with Crippen LogP contribution in [0, 0.1) is 6.92 Å². The van der Waals surface area contributed by atoms with E-state index in [2.05, 4.69) is 11.8 Å². The van der Waals surface area contributed by atoms with Gasteiger partial charge >= 0.3 is 0 Å². The van der Waals surface area contributed by atoms with Crippen LogP contribution in [0.1, 0.15) is 35.2 Å². The summed E-state index contributed by atoms with van der Waals surface area (Å²) in [7, 11) is 1.59. The van der Waals surface area contributed by atoms with Gasteiger partial charge in [-0.25, -0.2) is 0 Å². The summed E-state index contributed by atoms with van der Waals surface area (Å²) in [4.78, 5) is 30.2. The Morgan fingerprint density at radius 1 is 1.09 bits per heavy atom. The number of aliphatic hydroxyl groups is 1. The fraction of sp³-hybridized carbons (Fsp3) is 0.407. The van der Waals surface area contributed by atoms with Crippen LogP contribution in [-0.4, -0.2) is 73.1 Å². The van der Waals surface area contributed by atoms with Crippen molar-refractivity contribution in [3.8, 4) is 5.75 Å². The number of morpholine rings is 1. The summed E-state index contributed by atoms with van der Waals surface area (Å²) in [5.74, 6) is -0.709. The van der Waals surface area contributed by atoms with Crippen molar-refractivity contribution in [1.82, 2.24) is 9.80 Å². The van der Waals surface area contributed by atoms with Crippen LogP contribution >= 0.6 is 0 Å². The minimum absolute atomic E-state index is 0.126. The van der Waals surface area contributed by atoms with Crippen molar-refractivity contribution in [3.63, 3.8) is 0 Å². The molecule has 2 aromatic rings. The van der Waals surface area contributed by atoms with E-state index < -0.39 is 17.7 Å². The molecule has 0 bridgehead atoms. The van der Waals surface area contributed by atoms with Gasteiger partial charge in [0.15, 0.2) is 0 Å². The van der Waals surface area contributed by atoms with Gasteiger partial charge in [0.2, 0.25) is 0 Å². The molecule has 2 fully saturated rings. The second-order valence-electron chi connectivity index (χ2n) is 8.73. The Hall–Kier alpha value is -3.16. The Balaban J connectivity index is 1.74. The number of aryl methyl sites for hydroxylation is 2. The number of ketones is 1. The predicted molar refractivity (Wildman–Crippen MR) is 130 cm³/mol. The Morgan fingerprint density at radius 2 is 1.79 bits per heavy atom. The summed E-state index contributed by atoms with van der Waals surface area (Å²) in [6.45, 7) is 7.91. The Kier molecular flexibility index (Phi) is 7.34. The molecule has 2 aromatic carbocycles. The molecule has 7 heteroatoms. The summed E-state index contributed by atoms with van der Waals surface area (Å²) in [5.41, 5.74) is 3.42. The molecule has 2 aliphatic heterocycles. The molecule has 4 rings (SSSR count). The van der Waals surface area contributed by atoms with Crippen molar-refractivity contribution in [3.05, 3.63) is 70.3 Å². The molecule has 2 heterocycles. The van der Waals surface area contributed by atoms with Gasteiger partial charge in [-0.2, -0.15) is 0 Å². The minimum Gasteiger partial charge on any atom is -0.507 e. The van der Waals surface area contributed by atoms with E-state index in [1.54, 1.807) is 30.2 Å². The number of nitrogens with zero attached hydrogens (tertiary/aromatic N) is 2. The van der Waals surface area contributed by atoms with E-state index in [0.29, 0.717) is 37.6 Å². The molecular weight excluding hydrogens is 432 g/mol. The van der Waals surface area contributed by atoms with Crippen LogP contribution < -0.4 is 4.74 Å². The first-order valence-corrected chi connectivity index (χ1v) is 11.8. The molecule has 0 saturated carbocycles. The lowest BCUT2D eigenvalue weighted by molar-refractivity contribution is -0.140. The largest absolute Gasteiger partial charge is 0.507 e. The number of rotatable bonds is 7. The zero-order chi connectivity index (χ0) is 24.2. The molecule has 0 aliphatic carbocycles.